The largest absolute Gasteiger partial charge is 0.378 e. The van der Waals surface area contributed by atoms with Crippen molar-refractivity contribution in [2.45, 2.75) is 20.5 Å². The number of nitrogens with zero attached hydrogens (tertiary/aromatic N) is 1. The number of anilines is 1. The maximum absolute atomic E-state index is 12.3. The highest BCUT2D eigenvalue weighted by Gasteiger charge is 2.16. The molecule has 0 bridgehead atoms. The van der Waals surface area contributed by atoms with Crippen LogP contribution in [0, 0.1) is 13.8 Å². The van der Waals surface area contributed by atoms with Gasteiger partial charge in [0.1, 0.15) is 9.88 Å². The van der Waals surface area contributed by atoms with Crippen LogP contribution in [-0.2, 0) is 11.3 Å². The van der Waals surface area contributed by atoms with Crippen LogP contribution in [0.5, 0.6) is 0 Å². The van der Waals surface area contributed by atoms with E-state index in [1.54, 1.807) is 19.2 Å². The Morgan fingerprint density at radius 1 is 1.45 bits per heavy atom. The van der Waals surface area contributed by atoms with Crippen LogP contribution in [0.15, 0.2) is 18.2 Å². The maximum atomic E-state index is 12.3. The Morgan fingerprint density at radius 3 is 2.85 bits per heavy atom. The van der Waals surface area contributed by atoms with E-state index in [-0.39, 0.29) is 5.91 Å². The molecule has 20 heavy (non-hydrogen) atoms. The molecule has 0 fully saturated rings. The highest BCUT2D eigenvalue weighted by atomic mass is 35.5. The van der Waals surface area contributed by atoms with E-state index in [2.05, 4.69) is 10.3 Å². The molecule has 0 unspecified atom stereocenters. The number of hydrogen-bond donors (Lipinski definition) is 1. The summed E-state index contributed by atoms with van der Waals surface area (Å²) in [5.41, 5.74) is 2.39. The summed E-state index contributed by atoms with van der Waals surface area (Å²) in [4.78, 5) is 17.2. The molecule has 4 nitrogen and oxygen atoms in total. The minimum atomic E-state index is -0.159. The molecule has 0 aliphatic heterocycles. The van der Waals surface area contributed by atoms with Crippen molar-refractivity contribution in [2.75, 3.05) is 12.4 Å². The summed E-state index contributed by atoms with van der Waals surface area (Å²) in [6.07, 6.45) is 0. The van der Waals surface area contributed by atoms with Crippen LogP contribution >= 0.6 is 22.9 Å². The SMILES string of the molecule is COCc1nc(C)c(C(=O)Nc2ccc(Cl)cc2C)s1. The quantitative estimate of drug-likeness (QED) is 0.934. The molecule has 0 saturated carbocycles. The molecular weight excluding hydrogens is 296 g/mol. The Labute approximate surface area is 126 Å². The van der Waals surface area contributed by atoms with Gasteiger partial charge in [0, 0.05) is 17.8 Å². The van der Waals surface area contributed by atoms with Crippen molar-refractivity contribution in [1.29, 1.82) is 0 Å². The average Bonchev–Trinajstić information content (AvgIpc) is 2.74. The maximum Gasteiger partial charge on any atom is 0.267 e. The molecule has 0 spiro atoms. The summed E-state index contributed by atoms with van der Waals surface area (Å²) in [5.74, 6) is -0.159. The highest BCUT2D eigenvalue weighted by molar-refractivity contribution is 7.13. The predicted octanol–water partition coefficient (Wildman–Crippen LogP) is 3.81. The van der Waals surface area contributed by atoms with Gasteiger partial charge in [-0.05, 0) is 37.6 Å². The van der Waals surface area contributed by atoms with Crippen molar-refractivity contribution < 1.29 is 9.53 Å². The summed E-state index contributed by atoms with van der Waals surface area (Å²) in [7, 11) is 1.60. The highest BCUT2D eigenvalue weighted by Crippen LogP contribution is 2.23. The number of amides is 1. The summed E-state index contributed by atoms with van der Waals surface area (Å²) in [6, 6.07) is 5.36. The van der Waals surface area contributed by atoms with Crippen LogP contribution in [0.4, 0.5) is 5.69 Å². The summed E-state index contributed by atoms with van der Waals surface area (Å²) in [5, 5.41) is 4.33. The Bertz CT molecular complexity index is 640. The van der Waals surface area contributed by atoms with Crippen LogP contribution < -0.4 is 5.32 Å². The molecule has 6 heteroatoms. The molecule has 1 N–H and O–H groups in total. The lowest BCUT2D eigenvalue weighted by molar-refractivity contribution is 0.102. The number of carbonyl (C=O) groups is 1. The van der Waals surface area contributed by atoms with Crippen LogP contribution in [0.1, 0.15) is 25.9 Å². The number of thiazole rings is 1. The smallest absolute Gasteiger partial charge is 0.267 e. The lowest BCUT2D eigenvalue weighted by Crippen LogP contribution is -2.12. The summed E-state index contributed by atoms with van der Waals surface area (Å²) in [6.45, 7) is 4.13. The number of aryl methyl sites for hydroxylation is 2. The molecule has 1 amide bonds. The number of nitrogens with one attached hydrogen (secondary N) is 1. The minimum Gasteiger partial charge on any atom is -0.378 e. The molecule has 0 atom stereocenters. The van der Waals surface area contributed by atoms with E-state index < -0.39 is 0 Å². The second-order valence-electron chi connectivity index (χ2n) is 4.37. The Hall–Kier alpha value is -1.43. The number of rotatable bonds is 4. The number of carbonyl (C=O) groups excluding carboxylic acids is 1. The van der Waals surface area contributed by atoms with Crippen LogP contribution in [0.3, 0.4) is 0 Å². The second-order valence-corrected chi connectivity index (χ2v) is 5.89. The third-order valence-electron chi connectivity index (χ3n) is 2.75. The number of ether oxygens (including phenoxy) is 1. The van der Waals surface area contributed by atoms with Gasteiger partial charge in [-0.1, -0.05) is 11.6 Å². The van der Waals surface area contributed by atoms with E-state index in [9.17, 15) is 4.79 Å². The van der Waals surface area contributed by atoms with Crippen molar-refractivity contribution in [3.63, 3.8) is 0 Å². The van der Waals surface area contributed by atoms with Crippen molar-refractivity contribution >= 4 is 34.5 Å². The zero-order chi connectivity index (χ0) is 14.7. The molecular formula is C14H15ClN2O2S. The first-order valence-electron chi connectivity index (χ1n) is 6.04. The van der Waals surface area contributed by atoms with Gasteiger partial charge in [0.25, 0.3) is 5.91 Å². The standard InChI is InChI=1S/C14H15ClN2O2S/c1-8-6-10(15)4-5-11(8)17-14(18)13-9(2)16-12(20-13)7-19-3/h4-6H,7H2,1-3H3,(H,17,18). The van der Waals surface area contributed by atoms with Gasteiger partial charge in [-0.25, -0.2) is 4.98 Å². The number of methoxy groups -OCH3 is 1. The molecule has 1 aromatic heterocycles. The molecule has 0 radical (unpaired) electrons. The van der Waals surface area contributed by atoms with Gasteiger partial charge in [-0.2, -0.15) is 0 Å². The topological polar surface area (TPSA) is 51.2 Å². The van der Waals surface area contributed by atoms with Gasteiger partial charge >= 0.3 is 0 Å². The fourth-order valence-corrected chi connectivity index (χ4v) is 2.95. The molecule has 2 rings (SSSR count). The Kier molecular flexibility index (Phi) is 4.75. The van der Waals surface area contributed by atoms with Gasteiger partial charge in [0.2, 0.25) is 0 Å². The van der Waals surface area contributed by atoms with Crippen LogP contribution in [0.25, 0.3) is 0 Å². The lowest BCUT2D eigenvalue weighted by Gasteiger charge is -2.07. The van der Waals surface area contributed by atoms with Gasteiger partial charge in [-0.15, -0.1) is 11.3 Å². The zero-order valence-electron chi connectivity index (χ0n) is 11.5. The first-order chi connectivity index (χ1) is 9.51. The third-order valence-corrected chi connectivity index (χ3v) is 4.12. The summed E-state index contributed by atoms with van der Waals surface area (Å²) >= 11 is 7.25. The fourth-order valence-electron chi connectivity index (χ4n) is 1.79. The van der Waals surface area contributed by atoms with E-state index in [4.69, 9.17) is 16.3 Å². The van der Waals surface area contributed by atoms with Crippen LogP contribution in [-0.4, -0.2) is 18.0 Å². The second kappa shape index (κ2) is 6.35. The van der Waals surface area contributed by atoms with Gasteiger partial charge < -0.3 is 10.1 Å². The summed E-state index contributed by atoms with van der Waals surface area (Å²) < 4.78 is 5.03. The zero-order valence-corrected chi connectivity index (χ0v) is 13.1. The number of hydrogen-bond acceptors (Lipinski definition) is 4. The lowest BCUT2D eigenvalue weighted by atomic mass is 10.2. The number of benzene rings is 1. The number of halogens is 1. The van der Waals surface area contributed by atoms with Crippen molar-refractivity contribution in [3.05, 3.63) is 44.4 Å². The van der Waals surface area contributed by atoms with E-state index in [0.29, 0.717) is 22.2 Å². The average molecular weight is 311 g/mol. The molecule has 0 aliphatic carbocycles. The molecule has 0 aliphatic rings. The molecule has 106 valence electrons. The van der Waals surface area contributed by atoms with E-state index in [0.717, 1.165) is 16.3 Å². The Morgan fingerprint density at radius 2 is 2.20 bits per heavy atom. The molecule has 1 heterocycles. The van der Waals surface area contributed by atoms with Crippen molar-refractivity contribution in [3.8, 4) is 0 Å². The van der Waals surface area contributed by atoms with Crippen LogP contribution in [0.2, 0.25) is 5.02 Å². The first-order valence-corrected chi connectivity index (χ1v) is 7.23. The Balaban J connectivity index is 2.19. The van der Waals surface area contributed by atoms with E-state index in [1.165, 1.54) is 11.3 Å². The fraction of sp³-hybridized carbons (Fsp3) is 0.286. The molecule has 1 aromatic carbocycles. The molecule has 0 saturated heterocycles. The van der Waals surface area contributed by atoms with E-state index in [1.807, 2.05) is 19.9 Å². The van der Waals surface area contributed by atoms with Gasteiger partial charge in [0.15, 0.2) is 0 Å². The normalized spacial score (nSPS) is 10.6. The van der Waals surface area contributed by atoms with Gasteiger partial charge in [0.05, 0.1) is 12.3 Å². The van der Waals surface area contributed by atoms with Gasteiger partial charge in [-0.3, -0.25) is 4.79 Å². The minimum absolute atomic E-state index is 0.159. The van der Waals surface area contributed by atoms with Crippen molar-refractivity contribution in [1.82, 2.24) is 4.98 Å². The number of aromatic nitrogens is 1. The van der Waals surface area contributed by atoms with E-state index >= 15 is 0 Å². The predicted molar refractivity (Wildman–Crippen MR) is 81.7 cm³/mol. The molecule has 2 aromatic rings. The first kappa shape index (κ1) is 15.0. The van der Waals surface area contributed by atoms with Crippen molar-refractivity contribution in [2.24, 2.45) is 0 Å². The third kappa shape index (κ3) is 3.36. The monoisotopic (exact) mass is 310 g/mol.